The van der Waals surface area contributed by atoms with Crippen molar-refractivity contribution in [3.8, 4) is 0 Å². The number of aromatic nitrogens is 1. The van der Waals surface area contributed by atoms with Crippen molar-refractivity contribution < 1.29 is 51.0 Å². The predicted molar refractivity (Wildman–Crippen MR) is 82.2 cm³/mol. The fourth-order valence-corrected chi connectivity index (χ4v) is 3.00. The molecule has 1 aromatic carbocycles. The van der Waals surface area contributed by atoms with Crippen molar-refractivity contribution >= 4 is 0 Å². The maximum Gasteiger partial charge on any atom is 4.00 e. The number of fused-ring (bicyclic) bond motifs is 1. The summed E-state index contributed by atoms with van der Waals surface area (Å²) in [5.74, 6) is 0.831. The zero-order valence-electron chi connectivity index (χ0n) is 14.5. The minimum Gasteiger partial charge on any atom is -1.00 e. The van der Waals surface area contributed by atoms with Gasteiger partial charge in [0.15, 0.2) is 0 Å². The molecule has 1 nitrogen and oxygen atoms in total. The van der Waals surface area contributed by atoms with Crippen LogP contribution < -0.4 is 24.8 Å². The topological polar surface area (TPSA) is 15.8 Å². The molecular weight excluding hydrogens is 392 g/mol. The van der Waals surface area contributed by atoms with Crippen LogP contribution in [0.15, 0.2) is 0 Å². The Morgan fingerprint density at radius 2 is 1.50 bits per heavy atom. The molecule has 1 heterocycles. The molecule has 1 N–H and O–H groups in total. The van der Waals surface area contributed by atoms with Gasteiger partial charge in [-0.05, 0) is 0 Å². The van der Waals surface area contributed by atoms with Crippen molar-refractivity contribution in [2.24, 2.45) is 0 Å². The molecule has 1 atom stereocenters. The summed E-state index contributed by atoms with van der Waals surface area (Å²) in [6, 6.07) is 0. The molecule has 0 saturated carbocycles. The largest absolute Gasteiger partial charge is 4.00 e. The number of H-pyrrole nitrogens is 1. The van der Waals surface area contributed by atoms with E-state index in [-0.39, 0.29) is 51.0 Å². The van der Waals surface area contributed by atoms with Crippen LogP contribution in [0, 0.1) is 47.7 Å². The number of nitrogens with one attached hydrogen (secondary N) is 1. The van der Waals surface area contributed by atoms with Gasteiger partial charge in [-0.2, -0.15) is 33.4 Å². The zero-order valence-corrected chi connectivity index (χ0v) is 18.5. The van der Waals surface area contributed by atoms with E-state index in [4.69, 9.17) is 0 Å². The fraction of sp³-hybridized carbons (Fsp3) is 0.500. The van der Waals surface area contributed by atoms with Crippen LogP contribution in [0.5, 0.6) is 0 Å². The molecule has 3 rings (SSSR count). The van der Waals surface area contributed by atoms with Gasteiger partial charge in [0.2, 0.25) is 0 Å². The SMILES string of the molecule is Cc1[c-][nH]c(C)c1C.Cc1c(C)c2[c-](c1C)C(C)C2.[Cl-].[Cl-].[Zr+4]. The van der Waals surface area contributed by atoms with Crippen molar-refractivity contribution in [2.75, 3.05) is 0 Å². The molecule has 1 aromatic heterocycles. The average molecular weight is 418 g/mol. The summed E-state index contributed by atoms with van der Waals surface area (Å²) in [4.78, 5) is 3.01. The summed E-state index contributed by atoms with van der Waals surface area (Å²) in [7, 11) is 0. The van der Waals surface area contributed by atoms with Crippen molar-refractivity contribution in [3.05, 3.63) is 50.8 Å². The molecule has 1 aliphatic rings. The van der Waals surface area contributed by atoms with E-state index < -0.39 is 0 Å². The van der Waals surface area contributed by atoms with Crippen molar-refractivity contribution in [1.29, 1.82) is 0 Å². The average Bonchev–Trinajstić information content (AvgIpc) is 2.73. The van der Waals surface area contributed by atoms with E-state index in [9.17, 15) is 0 Å². The third-order valence-corrected chi connectivity index (χ3v) is 4.87. The molecule has 1 unspecified atom stereocenters. The molecular formula is C18H25Cl2NZr. The Hall–Kier alpha value is 0.0931. The van der Waals surface area contributed by atoms with Crippen LogP contribution in [0.25, 0.3) is 0 Å². The standard InChI is InChI=1S/C11H15.C7H10N.2ClH.Zr/c1-6-5-10-8(3)7(2)9(4)11(6)10;1-5-4-8-7(3)6(5)2;;;/h6H,5H2,1-4H3;8H,1-3H3;2*1H;/q2*-1;;;+4/p-2. The number of hydrogen-bond donors (Lipinski definition) is 1. The van der Waals surface area contributed by atoms with Gasteiger partial charge in [-0.3, -0.25) is 0 Å². The van der Waals surface area contributed by atoms with Crippen LogP contribution in [0.1, 0.15) is 57.5 Å². The van der Waals surface area contributed by atoms with E-state index >= 15 is 0 Å². The Morgan fingerprint density at radius 3 is 1.73 bits per heavy atom. The normalized spacial score (nSPS) is 14.2. The molecule has 2 aromatic rings. The minimum atomic E-state index is 0. The quantitative estimate of drug-likeness (QED) is 0.515. The van der Waals surface area contributed by atoms with E-state index in [1.807, 2.05) is 0 Å². The van der Waals surface area contributed by atoms with Gasteiger partial charge in [-0.1, -0.05) is 60.8 Å². The maximum atomic E-state index is 3.01. The molecule has 22 heavy (non-hydrogen) atoms. The molecule has 0 radical (unpaired) electrons. The van der Waals surface area contributed by atoms with E-state index in [0.717, 1.165) is 5.92 Å². The monoisotopic (exact) mass is 415 g/mol. The van der Waals surface area contributed by atoms with Crippen LogP contribution in [-0.2, 0) is 32.6 Å². The number of rotatable bonds is 0. The summed E-state index contributed by atoms with van der Waals surface area (Å²) in [6.45, 7) is 15.3. The van der Waals surface area contributed by atoms with Gasteiger partial charge in [-0.15, -0.1) is 17.5 Å². The molecule has 1 aliphatic carbocycles. The molecule has 0 bridgehead atoms. The van der Waals surface area contributed by atoms with Crippen LogP contribution >= 0.6 is 0 Å². The Balaban J connectivity index is 0. The Morgan fingerprint density at radius 1 is 0.955 bits per heavy atom. The Bertz CT molecular complexity index is 572. The van der Waals surface area contributed by atoms with Gasteiger partial charge in [0.25, 0.3) is 0 Å². The summed E-state index contributed by atoms with van der Waals surface area (Å²) in [5.41, 5.74) is 11.7. The first-order valence-corrected chi connectivity index (χ1v) is 7.13. The minimum absolute atomic E-state index is 0. The van der Waals surface area contributed by atoms with E-state index in [1.54, 1.807) is 22.3 Å². The van der Waals surface area contributed by atoms with Crippen molar-refractivity contribution in [2.45, 2.75) is 60.8 Å². The van der Waals surface area contributed by atoms with Gasteiger partial charge in [0.1, 0.15) is 0 Å². The third kappa shape index (κ3) is 4.34. The van der Waals surface area contributed by atoms with E-state index in [2.05, 4.69) is 59.6 Å². The van der Waals surface area contributed by atoms with Gasteiger partial charge in [0.05, 0.1) is 0 Å². The zero-order chi connectivity index (χ0) is 14.3. The van der Waals surface area contributed by atoms with Gasteiger partial charge in [0, 0.05) is 0 Å². The first-order chi connectivity index (χ1) is 8.84. The predicted octanol–water partition coefficient (Wildman–Crippen LogP) is -1.26. The number of hydrogen-bond acceptors (Lipinski definition) is 0. The third-order valence-electron chi connectivity index (χ3n) is 4.87. The van der Waals surface area contributed by atoms with Crippen LogP contribution in [0.4, 0.5) is 0 Å². The maximum absolute atomic E-state index is 3.01. The van der Waals surface area contributed by atoms with Crippen LogP contribution in [-0.4, -0.2) is 4.98 Å². The second-order valence-corrected chi connectivity index (χ2v) is 6.00. The van der Waals surface area contributed by atoms with Gasteiger partial charge < -0.3 is 29.8 Å². The van der Waals surface area contributed by atoms with E-state index in [1.165, 1.54) is 28.8 Å². The van der Waals surface area contributed by atoms with Crippen LogP contribution in [0.3, 0.4) is 0 Å². The van der Waals surface area contributed by atoms with Crippen molar-refractivity contribution in [1.82, 2.24) is 4.98 Å². The second kappa shape index (κ2) is 9.40. The summed E-state index contributed by atoms with van der Waals surface area (Å²) < 4.78 is 0. The Kier molecular flexibility index (Phi) is 10.4. The van der Waals surface area contributed by atoms with E-state index in [0.29, 0.717) is 0 Å². The van der Waals surface area contributed by atoms with Crippen LogP contribution in [0.2, 0.25) is 0 Å². The smallest absolute Gasteiger partial charge is 1.00 e. The number of aromatic amines is 1. The Labute approximate surface area is 167 Å². The fourth-order valence-electron chi connectivity index (χ4n) is 3.00. The molecule has 0 spiro atoms. The first kappa shape index (κ1) is 24.3. The number of aryl methyl sites for hydroxylation is 2. The van der Waals surface area contributed by atoms with Gasteiger partial charge in [-0.25, -0.2) is 0 Å². The summed E-state index contributed by atoms with van der Waals surface area (Å²) in [5, 5.41) is 0. The van der Waals surface area contributed by atoms with Crippen molar-refractivity contribution in [3.63, 3.8) is 0 Å². The molecule has 4 heteroatoms. The molecule has 120 valence electrons. The molecule has 0 saturated heterocycles. The summed E-state index contributed by atoms with van der Waals surface area (Å²) in [6.07, 6.45) is 4.33. The number of halogens is 2. The molecule has 0 aliphatic heterocycles. The van der Waals surface area contributed by atoms with Gasteiger partial charge >= 0.3 is 26.2 Å². The summed E-state index contributed by atoms with van der Waals surface area (Å²) >= 11 is 0. The molecule has 0 fully saturated rings. The molecule has 0 amide bonds. The second-order valence-electron chi connectivity index (χ2n) is 6.00. The first-order valence-electron chi connectivity index (χ1n) is 7.13.